The molecule has 2 bridgehead atoms. The molecule has 5 rings (SSSR count). The number of hydrogen-bond acceptors (Lipinski definition) is 7. The van der Waals surface area contributed by atoms with E-state index in [1.807, 2.05) is 0 Å². The highest BCUT2D eigenvalue weighted by Crippen LogP contribution is 2.49. The van der Waals surface area contributed by atoms with Gasteiger partial charge in [-0.25, -0.2) is 15.0 Å². The van der Waals surface area contributed by atoms with E-state index in [0.29, 0.717) is 34.9 Å². The first-order chi connectivity index (χ1) is 13.1. The number of aromatic nitrogens is 4. The van der Waals surface area contributed by atoms with Crippen LogP contribution in [0.2, 0.25) is 0 Å². The van der Waals surface area contributed by atoms with Crippen molar-refractivity contribution in [1.82, 2.24) is 19.5 Å². The first-order valence-corrected chi connectivity index (χ1v) is 9.50. The van der Waals surface area contributed by atoms with Gasteiger partial charge in [-0.2, -0.15) is 0 Å². The second-order valence-electron chi connectivity index (χ2n) is 8.00. The largest absolute Gasteiger partial charge is 0.386 e. The molecule has 2 aromatic heterocycles. The molecular weight excluding hydrogens is 346 g/mol. The Morgan fingerprint density at radius 3 is 2.74 bits per heavy atom. The first-order valence-electron chi connectivity index (χ1n) is 9.50. The van der Waals surface area contributed by atoms with Crippen molar-refractivity contribution in [3.8, 4) is 12.3 Å². The molecule has 3 fully saturated rings. The van der Waals surface area contributed by atoms with Gasteiger partial charge in [0.15, 0.2) is 23.2 Å². The SMILES string of the molecule is C#C[C@H]1O[C@@H](n2cnc3c(N[C@H]4[C@@H]5CC[C@H](C5)[C@H]4C)ncnc32)[C@H](O)[C@@H]1O. The normalized spacial score (nSPS) is 40.5. The van der Waals surface area contributed by atoms with Gasteiger partial charge in [-0.05, 0) is 37.0 Å². The van der Waals surface area contributed by atoms with Gasteiger partial charge in [-0.1, -0.05) is 12.8 Å². The summed E-state index contributed by atoms with van der Waals surface area (Å²) >= 11 is 0. The Hall–Kier alpha value is -2.21. The van der Waals surface area contributed by atoms with Gasteiger partial charge in [-0.3, -0.25) is 4.57 Å². The highest BCUT2D eigenvalue weighted by molar-refractivity contribution is 5.83. The molecule has 3 aliphatic rings. The van der Waals surface area contributed by atoms with Crippen LogP contribution in [0.5, 0.6) is 0 Å². The van der Waals surface area contributed by atoms with Gasteiger partial charge in [0.05, 0.1) is 6.33 Å². The third kappa shape index (κ3) is 2.46. The summed E-state index contributed by atoms with van der Waals surface area (Å²) in [4.78, 5) is 13.2. The number of terminal acetylenes is 1. The second-order valence-corrected chi connectivity index (χ2v) is 8.00. The van der Waals surface area contributed by atoms with Gasteiger partial charge >= 0.3 is 0 Å². The molecule has 2 aromatic rings. The minimum Gasteiger partial charge on any atom is -0.386 e. The van der Waals surface area contributed by atoms with Crippen LogP contribution in [0.1, 0.15) is 32.4 Å². The summed E-state index contributed by atoms with van der Waals surface area (Å²) in [5, 5.41) is 24.0. The number of anilines is 1. The van der Waals surface area contributed by atoms with E-state index in [2.05, 4.69) is 33.1 Å². The highest BCUT2D eigenvalue weighted by atomic mass is 16.6. The summed E-state index contributed by atoms with van der Waals surface area (Å²) in [5.41, 5.74) is 1.17. The predicted molar refractivity (Wildman–Crippen MR) is 97.5 cm³/mol. The van der Waals surface area contributed by atoms with Crippen molar-refractivity contribution >= 4 is 17.0 Å². The zero-order valence-corrected chi connectivity index (χ0v) is 15.1. The van der Waals surface area contributed by atoms with E-state index in [-0.39, 0.29) is 0 Å². The minimum absolute atomic E-state index is 0.396. The fourth-order valence-corrected chi connectivity index (χ4v) is 5.16. The van der Waals surface area contributed by atoms with Crippen molar-refractivity contribution in [2.24, 2.45) is 17.8 Å². The molecule has 0 radical (unpaired) electrons. The van der Waals surface area contributed by atoms with Crippen molar-refractivity contribution in [3.05, 3.63) is 12.7 Å². The molecule has 3 heterocycles. The van der Waals surface area contributed by atoms with Crippen LogP contribution in [0.25, 0.3) is 11.2 Å². The van der Waals surface area contributed by atoms with Crippen LogP contribution in [0.4, 0.5) is 5.82 Å². The number of nitrogens with one attached hydrogen (secondary N) is 1. The lowest BCUT2D eigenvalue weighted by Crippen LogP contribution is -2.33. The number of imidazole rings is 1. The van der Waals surface area contributed by atoms with Gasteiger partial charge in [0.1, 0.15) is 24.6 Å². The van der Waals surface area contributed by atoms with Crippen LogP contribution in [-0.2, 0) is 4.74 Å². The van der Waals surface area contributed by atoms with Crippen LogP contribution < -0.4 is 5.32 Å². The minimum atomic E-state index is -1.15. The van der Waals surface area contributed by atoms with Crippen LogP contribution in [0, 0.1) is 30.1 Å². The fourth-order valence-electron chi connectivity index (χ4n) is 5.16. The zero-order chi connectivity index (χ0) is 18.7. The van der Waals surface area contributed by atoms with Gasteiger partial charge in [0.2, 0.25) is 0 Å². The van der Waals surface area contributed by atoms with E-state index >= 15 is 0 Å². The van der Waals surface area contributed by atoms with Crippen LogP contribution >= 0.6 is 0 Å². The third-order valence-electron chi connectivity index (χ3n) is 6.67. The van der Waals surface area contributed by atoms with Crippen molar-refractivity contribution in [2.45, 2.75) is 56.8 Å². The molecule has 0 unspecified atom stereocenters. The van der Waals surface area contributed by atoms with Gasteiger partial charge < -0.3 is 20.3 Å². The molecular formula is C19H23N5O3. The molecule has 2 aliphatic carbocycles. The Bertz CT molecular complexity index is 906. The molecule has 142 valence electrons. The molecule has 2 saturated carbocycles. The first kappa shape index (κ1) is 16.9. The average molecular weight is 369 g/mol. The monoisotopic (exact) mass is 369 g/mol. The van der Waals surface area contributed by atoms with Crippen molar-refractivity contribution < 1.29 is 14.9 Å². The molecule has 3 N–H and O–H groups in total. The summed E-state index contributed by atoms with van der Waals surface area (Å²) in [5.74, 6) is 5.15. The number of nitrogens with zero attached hydrogens (tertiary/aromatic N) is 4. The molecule has 0 spiro atoms. The Labute approximate surface area is 157 Å². The molecule has 8 atom stereocenters. The topological polar surface area (TPSA) is 105 Å². The van der Waals surface area contributed by atoms with Crippen molar-refractivity contribution in [2.75, 3.05) is 5.32 Å². The Morgan fingerprint density at radius 2 is 2.04 bits per heavy atom. The predicted octanol–water partition coefficient (Wildman–Crippen LogP) is 0.925. The number of fused-ring (bicyclic) bond motifs is 3. The zero-order valence-electron chi connectivity index (χ0n) is 15.1. The summed E-state index contributed by atoms with van der Waals surface area (Å²) in [6, 6.07) is 0.396. The molecule has 1 aliphatic heterocycles. The summed E-state index contributed by atoms with van der Waals surface area (Å²) in [6.45, 7) is 2.31. The maximum atomic E-state index is 10.3. The lowest BCUT2D eigenvalue weighted by molar-refractivity contribution is -0.0230. The maximum Gasteiger partial charge on any atom is 0.167 e. The van der Waals surface area contributed by atoms with E-state index in [1.165, 1.54) is 25.6 Å². The molecule has 0 aromatic carbocycles. The number of ether oxygens (including phenoxy) is 1. The van der Waals surface area contributed by atoms with Gasteiger partial charge in [0.25, 0.3) is 0 Å². The quantitative estimate of drug-likeness (QED) is 0.691. The average Bonchev–Trinajstić information content (AvgIpc) is 3.42. The Morgan fingerprint density at radius 1 is 1.22 bits per heavy atom. The Balaban J connectivity index is 1.46. The maximum absolute atomic E-state index is 10.3. The third-order valence-corrected chi connectivity index (χ3v) is 6.67. The number of rotatable bonds is 3. The molecule has 0 amide bonds. The number of aliphatic hydroxyl groups is 2. The van der Waals surface area contributed by atoms with E-state index < -0.39 is 24.5 Å². The van der Waals surface area contributed by atoms with Gasteiger partial charge in [0, 0.05) is 6.04 Å². The number of aliphatic hydroxyl groups excluding tert-OH is 2. The fraction of sp³-hybridized carbons (Fsp3) is 0.632. The Kier molecular flexibility index (Phi) is 3.86. The van der Waals surface area contributed by atoms with E-state index in [1.54, 1.807) is 10.9 Å². The lowest BCUT2D eigenvalue weighted by atomic mass is 9.86. The molecule has 8 nitrogen and oxygen atoms in total. The smallest absolute Gasteiger partial charge is 0.167 e. The molecule has 1 saturated heterocycles. The summed E-state index contributed by atoms with van der Waals surface area (Å²) in [6.07, 6.45) is 8.28. The summed E-state index contributed by atoms with van der Waals surface area (Å²) in [7, 11) is 0. The molecule has 27 heavy (non-hydrogen) atoms. The van der Waals surface area contributed by atoms with Crippen LogP contribution in [0.15, 0.2) is 12.7 Å². The van der Waals surface area contributed by atoms with Gasteiger partial charge in [-0.15, -0.1) is 6.42 Å². The van der Waals surface area contributed by atoms with E-state index in [9.17, 15) is 10.2 Å². The van der Waals surface area contributed by atoms with Crippen molar-refractivity contribution in [3.63, 3.8) is 0 Å². The standard InChI is InChI=1S/C19H23N5O3/c1-3-12-15(25)16(26)19(27-12)24-8-22-14-17(20-7-21-18(14)24)23-13-9(2)10-4-5-11(13)6-10/h1,7-13,15-16,19,25-26H,4-6H2,2H3,(H,20,21,23)/t9-,10-,11-,12-,13-,15-,16-,19-/m1/s1. The van der Waals surface area contributed by atoms with E-state index in [0.717, 1.165) is 5.92 Å². The second kappa shape index (κ2) is 6.16. The number of hydrogen-bond donors (Lipinski definition) is 3. The van der Waals surface area contributed by atoms with Crippen LogP contribution in [0.3, 0.4) is 0 Å². The highest BCUT2D eigenvalue weighted by Gasteiger charge is 2.46. The molecule has 8 heteroatoms. The summed E-state index contributed by atoms with van der Waals surface area (Å²) < 4.78 is 7.23. The van der Waals surface area contributed by atoms with Crippen LogP contribution in [-0.4, -0.2) is 54.1 Å². The lowest BCUT2D eigenvalue weighted by Gasteiger charge is -2.29. The van der Waals surface area contributed by atoms with Crippen molar-refractivity contribution in [1.29, 1.82) is 0 Å². The van der Waals surface area contributed by atoms with E-state index in [4.69, 9.17) is 11.2 Å².